The molecule has 0 atom stereocenters. The summed E-state index contributed by atoms with van der Waals surface area (Å²) in [5, 5.41) is 11.8. The summed E-state index contributed by atoms with van der Waals surface area (Å²) >= 11 is 0. The Balaban J connectivity index is 1.16. The number of nitrogens with zero attached hydrogens (tertiary/aromatic N) is 4. The zero-order valence-electron chi connectivity index (χ0n) is 20.3. The van der Waals surface area contributed by atoms with Crippen LogP contribution in [0.1, 0.15) is 0 Å². The molecule has 1 fully saturated rings. The first kappa shape index (κ1) is 23.5. The molecular weight excluding hydrogens is 450 g/mol. The maximum Gasteiger partial charge on any atom is 0.262 e. The Hall–Kier alpha value is -4.23. The molecule has 3 aromatic carbocycles. The summed E-state index contributed by atoms with van der Waals surface area (Å²) in [6.45, 7) is 3.87. The summed E-state index contributed by atoms with van der Waals surface area (Å²) in [6, 6.07) is 29.4. The molecule has 5 rings (SSSR count). The van der Waals surface area contributed by atoms with E-state index in [4.69, 9.17) is 4.74 Å². The molecular formula is C29H29N5O2. The largest absolute Gasteiger partial charge is 0.484 e. The van der Waals surface area contributed by atoms with Crippen molar-refractivity contribution < 1.29 is 9.53 Å². The number of nitrogens with one attached hydrogen (secondary N) is 1. The first-order chi connectivity index (χ1) is 17.6. The number of likely N-dealkylation sites (N-methyl/N-ethyl adjacent to an activating group) is 1. The number of hydrogen-bond acceptors (Lipinski definition) is 6. The highest BCUT2D eigenvalue weighted by molar-refractivity contribution is 5.92. The van der Waals surface area contributed by atoms with Gasteiger partial charge in [0, 0.05) is 37.4 Å². The van der Waals surface area contributed by atoms with Crippen molar-refractivity contribution >= 4 is 17.4 Å². The summed E-state index contributed by atoms with van der Waals surface area (Å²) < 4.78 is 5.68. The highest BCUT2D eigenvalue weighted by Gasteiger charge is 2.16. The van der Waals surface area contributed by atoms with Crippen molar-refractivity contribution in [2.45, 2.75) is 0 Å². The fraction of sp³-hybridized carbons (Fsp3) is 0.207. The fourth-order valence-corrected chi connectivity index (χ4v) is 4.16. The Morgan fingerprint density at radius 2 is 1.53 bits per heavy atom. The summed E-state index contributed by atoms with van der Waals surface area (Å²) in [5.74, 6) is 1.32. The smallest absolute Gasteiger partial charge is 0.262 e. The van der Waals surface area contributed by atoms with E-state index in [1.807, 2.05) is 78.9 Å². The van der Waals surface area contributed by atoms with Crippen LogP contribution in [0.2, 0.25) is 0 Å². The number of piperazine rings is 1. The van der Waals surface area contributed by atoms with Gasteiger partial charge in [0.25, 0.3) is 5.91 Å². The van der Waals surface area contributed by atoms with E-state index >= 15 is 0 Å². The fourth-order valence-electron chi connectivity index (χ4n) is 4.16. The number of carbonyl (C=O) groups excluding carboxylic acids is 1. The van der Waals surface area contributed by atoms with Gasteiger partial charge in [-0.3, -0.25) is 4.79 Å². The summed E-state index contributed by atoms with van der Waals surface area (Å²) in [4.78, 5) is 17.1. The average molecular weight is 480 g/mol. The maximum atomic E-state index is 12.5. The van der Waals surface area contributed by atoms with Crippen molar-refractivity contribution in [2.24, 2.45) is 0 Å². The summed E-state index contributed by atoms with van der Waals surface area (Å²) in [7, 11) is 2.13. The number of benzene rings is 3. The van der Waals surface area contributed by atoms with E-state index in [1.165, 1.54) is 0 Å². The molecule has 0 unspecified atom stereocenters. The molecule has 0 bridgehead atoms. The first-order valence-corrected chi connectivity index (χ1v) is 12.1. The molecule has 0 aliphatic carbocycles. The van der Waals surface area contributed by atoms with Gasteiger partial charge in [-0.2, -0.15) is 0 Å². The van der Waals surface area contributed by atoms with Crippen LogP contribution in [0.3, 0.4) is 0 Å². The molecule has 2 heterocycles. The van der Waals surface area contributed by atoms with E-state index in [-0.39, 0.29) is 12.5 Å². The first-order valence-electron chi connectivity index (χ1n) is 12.1. The lowest BCUT2D eigenvalue weighted by Crippen LogP contribution is -2.44. The second-order valence-corrected chi connectivity index (χ2v) is 8.88. The van der Waals surface area contributed by atoms with Crippen LogP contribution in [0.4, 0.5) is 11.5 Å². The monoisotopic (exact) mass is 479 g/mol. The van der Waals surface area contributed by atoms with Gasteiger partial charge >= 0.3 is 0 Å². The number of anilines is 2. The van der Waals surface area contributed by atoms with E-state index < -0.39 is 0 Å². The molecule has 1 aromatic heterocycles. The molecule has 7 heteroatoms. The van der Waals surface area contributed by atoms with E-state index in [2.05, 4.69) is 44.5 Å². The quantitative estimate of drug-likeness (QED) is 0.418. The Kier molecular flexibility index (Phi) is 7.19. The van der Waals surface area contributed by atoms with Gasteiger partial charge in [0.15, 0.2) is 12.4 Å². The van der Waals surface area contributed by atoms with Crippen molar-refractivity contribution in [3.05, 3.63) is 91.0 Å². The van der Waals surface area contributed by atoms with Gasteiger partial charge in [-0.15, -0.1) is 10.2 Å². The van der Waals surface area contributed by atoms with E-state index in [0.29, 0.717) is 11.4 Å². The van der Waals surface area contributed by atoms with Gasteiger partial charge in [-0.05, 0) is 54.6 Å². The second kappa shape index (κ2) is 11.0. The molecule has 1 aliphatic rings. The van der Waals surface area contributed by atoms with Crippen LogP contribution >= 0.6 is 0 Å². The van der Waals surface area contributed by atoms with Gasteiger partial charge in [0.2, 0.25) is 0 Å². The third-order valence-corrected chi connectivity index (χ3v) is 6.25. The van der Waals surface area contributed by atoms with E-state index in [1.54, 1.807) is 0 Å². The molecule has 36 heavy (non-hydrogen) atoms. The van der Waals surface area contributed by atoms with Crippen LogP contribution in [0.5, 0.6) is 5.75 Å². The highest BCUT2D eigenvalue weighted by Crippen LogP contribution is 2.24. The molecule has 0 radical (unpaired) electrons. The van der Waals surface area contributed by atoms with Crippen molar-refractivity contribution in [3.63, 3.8) is 0 Å². The third kappa shape index (κ3) is 5.87. The zero-order valence-corrected chi connectivity index (χ0v) is 20.3. The molecule has 182 valence electrons. The molecule has 7 nitrogen and oxygen atoms in total. The maximum absolute atomic E-state index is 12.5. The van der Waals surface area contributed by atoms with Crippen molar-refractivity contribution in [1.29, 1.82) is 0 Å². The lowest BCUT2D eigenvalue weighted by atomic mass is 10.1. The number of aromatic nitrogens is 2. The molecule has 1 N–H and O–H groups in total. The predicted molar refractivity (Wildman–Crippen MR) is 143 cm³/mol. The number of carbonyl (C=O) groups is 1. The van der Waals surface area contributed by atoms with Crippen LogP contribution < -0.4 is 15.0 Å². The Bertz CT molecular complexity index is 1290. The third-order valence-electron chi connectivity index (χ3n) is 6.25. The zero-order chi connectivity index (χ0) is 24.7. The van der Waals surface area contributed by atoms with Crippen molar-refractivity contribution in [2.75, 3.05) is 50.1 Å². The normalized spacial score (nSPS) is 13.9. The number of hydrogen-bond donors (Lipinski definition) is 1. The topological polar surface area (TPSA) is 70.6 Å². The average Bonchev–Trinajstić information content (AvgIpc) is 2.93. The van der Waals surface area contributed by atoms with E-state index in [0.717, 1.165) is 54.4 Å². The van der Waals surface area contributed by atoms with Crippen LogP contribution in [0, 0.1) is 0 Å². The van der Waals surface area contributed by atoms with Crippen LogP contribution in [-0.4, -0.2) is 60.8 Å². The Morgan fingerprint density at radius 1 is 0.806 bits per heavy atom. The number of amides is 1. The van der Waals surface area contributed by atoms with Crippen molar-refractivity contribution in [3.8, 4) is 28.1 Å². The molecule has 1 saturated heterocycles. The summed E-state index contributed by atoms with van der Waals surface area (Å²) in [5.41, 5.74) is 4.58. The predicted octanol–water partition coefficient (Wildman–Crippen LogP) is 4.58. The van der Waals surface area contributed by atoms with Gasteiger partial charge in [-0.25, -0.2) is 0 Å². The molecule has 0 spiro atoms. The lowest BCUT2D eigenvalue weighted by Gasteiger charge is -2.32. The van der Waals surface area contributed by atoms with Gasteiger partial charge < -0.3 is 19.9 Å². The number of ether oxygens (including phenoxy) is 1. The molecule has 1 aliphatic heterocycles. The Morgan fingerprint density at radius 3 is 2.25 bits per heavy atom. The van der Waals surface area contributed by atoms with E-state index in [9.17, 15) is 4.79 Å². The minimum absolute atomic E-state index is 0.0750. The minimum atomic E-state index is -0.226. The van der Waals surface area contributed by atoms with Gasteiger partial charge in [0.05, 0.1) is 5.69 Å². The standard InChI is InChI=1S/C29H29N5O2/c1-33-16-18-34(19-17-33)28-15-14-27(31-32-28)24-8-5-9-25(20-24)30-29(35)21-36-26-12-10-23(11-13-26)22-6-3-2-4-7-22/h2-15,20H,16-19,21H2,1H3,(H,30,35). The molecule has 4 aromatic rings. The Labute approximate surface area is 211 Å². The van der Waals surface area contributed by atoms with Crippen LogP contribution in [0.15, 0.2) is 91.0 Å². The summed E-state index contributed by atoms with van der Waals surface area (Å²) in [6.07, 6.45) is 0. The molecule has 0 saturated carbocycles. The lowest BCUT2D eigenvalue weighted by molar-refractivity contribution is -0.118. The second-order valence-electron chi connectivity index (χ2n) is 8.88. The SMILES string of the molecule is CN1CCN(c2ccc(-c3cccc(NC(=O)COc4ccc(-c5ccccc5)cc4)c3)nn2)CC1. The van der Waals surface area contributed by atoms with Crippen LogP contribution in [-0.2, 0) is 4.79 Å². The van der Waals surface area contributed by atoms with Gasteiger partial charge in [0.1, 0.15) is 5.75 Å². The van der Waals surface area contributed by atoms with Crippen LogP contribution in [0.25, 0.3) is 22.4 Å². The number of rotatable bonds is 7. The van der Waals surface area contributed by atoms with Gasteiger partial charge in [-0.1, -0.05) is 54.6 Å². The minimum Gasteiger partial charge on any atom is -0.484 e. The van der Waals surface area contributed by atoms with Crippen molar-refractivity contribution in [1.82, 2.24) is 15.1 Å². The highest BCUT2D eigenvalue weighted by atomic mass is 16.5. The molecule has 1 amide bonds.